The Bertz CT molecular complexity index is 381. The Morgan fingerprint density at radius 1 is 1.50 bits per heavy atom. The standard InChI is InChI=1S/C11H14BrN3.HI/c1-15-6-5-13-11(15)14-8-9-3-2-4-10(12)7-9;/h2-4,7H,5-6,8H2,1H3,(H,13,14);1H. The molecule has 88 valence electrons. The lowest BCUT2D eigenvalue weighted by Crippen LogP contribution is -2.35. The molecule has 0 aromatic heterocycles. The second-order valence-corrected chi connectivity index (χ2v) is 4.53. The van der Waals surface area contributed by atoms with E-state index in [2.05, 4.69) is 50.3 Å². The van der Waals surface area contributed by atoms with Gasteiger partial charge >= 0.3 is 0 Å². The first kappa shape index (κ1) is 13.8. The number of rotatable bonds is 2. The third-order valence-electron chi connectivity index (χ3n) is 2.40. The molecule has 3 nitrogen and oxygen atoms in total. The summed E-state index contributed by atoms with van der Waals surface area (Å²) in [5.74, 6) is 0.995. The van der Waals surface area contributed by atoms with E-state index in [0.717, 1.165) is 30.1 Å². The van der Waals surface area contributed by atoms with Crippen molar-refractivity contribution in [3.63, 3.8) is 0 Å². The van der Waals surface area contributed by atoms with Gasteiger partial charge in [-0.05, 0) is 17.7 Å². The zero-order chi connectivity index (χ0) is 10.7. The Morgan fingerprint density at radius 3 is 2.94 bits per heavy atom. The van der Waals surface area contributed by atoms with Crippen molar-refractivity contribution in [2.24, 2.45) is 4.99 Å². The zero-order valence-corrected chi connectivity index (χ0v) is 13.0. The Hall–Kier alpha value is -0.300. The summed E-state index contributed by atoms with van der Waals surface area (Å²) in [6.07, 6.45) is 0. The monoisotopic (exact) mass is 395 g/mol. The Morgan fingerprint density at radius 2 is 2.31 bits per heavy atom. The molecule has 0 saturated heterocycles. The second-order valence-electron chi connectivity index (χ2n) is 3.61. The van der Waals surface area contributed by atoms with Crippen LogP contribution < -0.4 is 5.32 Å². The molecule has 16 heavy (non-hydrogen) atoms. The summed E-state index contributed by atoms with van der Waals surface area (Å²) in [4.78, 5) is 6.51. The summed E-state index contributed by atoms with van der Waals surface area (Å²) in [6, 6.07) is 8.29. The van der Waals surface area contributed by atoms with Crippen molar-refractivity contribution in [3.8, 4) is 0 Å². The zero-order valence-electron chi connectivity index (χ0n) is 9.11. The van der Waals surface area contributed by atoms with E-state index >= 15 is 0 Å². The lowest BCUT2D eigenvalue weighted by atomic mass is 10.2. The van der Waals surface area contributed by atoms with E-state index in [0.29, 0.717) is 0 Å². The van der Waals surface area contributed by atoms with Crippen LogP contribution in [0.3, 0.4) is 0 Å². The van der Waals surface area contributed by atoms with Crippen LogP contribution in [0.15, 0.2) is 33.7 Å². The molecule has 0 bridgehead atoms. The Kier molecular flexibility index (Phi) is 5.54. The van der Waals surface area contributed by atoms with Gasteiger partial charge in [0.15, 0.2) is 5.96 Å². The third-order valence-corrected chi connectivity index (χ3v) is 2.89. The van der Waals surface area contributed by atoms with Gasteiger partial charge in [0.25, 0.3) is 0 Å². The molecule has 0 radical (unpaired) electrons. The number of benzene rings is 1. The molecule has 0 saturated carbocycles. The van der Waals surface area contributed by atoms with Gasteiger partial charge in [-0.15, -0.1) is 24.0 Å². The quantitative estimate of drug-likeness (QED) is 0.779. The van der Waals surface area contributed by atoms with Gasteiger partial charge < -0.3 is 10.2 Å². The summed E-state index contributed by atoms with van der Waals surface area (Å²) in [6.45, 7) is 2.74. The predicted octanol–water partition coefficient (Wildman–Crippen LogP) is 2.46. The van der Waals surface area contributed by atoms with Crippen molar-refractivity contribution in [1.29, 1.82) is 0 Å². The van der Waals surface area contributed by atoms with Crippen LogP contribution in [0.2, 0.25) is 0 Å². The summed E-state index contributed by atoms with van der Waals surface area (Å²) in [5, 5.41) is 3.33. The number of nitrogens with zero attached hydrogens (tertiary/aromatic N) is 2. The summed E-state index contributed by atoms with van der Waals surface area (Å²) < 4.78 is 1.11. The molecule has 1 N–H and O–H groups in total. The van der Waals surface area contributed by atoms with Crippen LogP contribution in [0.1, 0.15) is 5.56 Å². The fourth-order valence-corrected chi connectivity index (χ4v) is 2.00. The first-order valence-electron chi connectivity index (χ1n) is 4.99. The molecule has 5 heteroatoms. The molecule has 0 aliphatic carbocycles. The van der Waals surface area contributed by atoms with Crippen LogP contribution in [0.25, 0.3) is 0 Å². The first-order chi connectivity index (χ1) is 7.25. The predicted molar refractivity (Wildman–Crippen MR) is 81.3 cm³/mol. The highest BCUT2D eigenvalue weighted by Gasteiger charge is 2.10. The van der Waals surface area contributed by atoms with Crippen molar-refractivity contribution in [1.82, 2.24) is 10.2 Å². The maximum absolute atomic E-state index is 4.37. The SMILES string of the molecule is CN1CCN=C1NCc1cccc(Br)c1.I. The largest absolute Gasteiger partial charge is 0.352 e. The molecule has 1 aliphatic rings. The van der Waals surface area contributed by atoms with Gasteiger partial charge in [0.1, 0.15) is 0 Å². The smallest absolute Gasteiger partial charge is 0.194 e. The van der Waals surface area contributed by atoms with Crippen molar-refractivity contribution in [3.05, 3.63) is 34.3 Å². The first-order valence-corrected chi connectivity index (χ1v) is 5.79. The summed E-state index contributed by atoms with van der Waals surface area (Å²) >= 11 is 3.46. The number of hydrogen-bond donors (Lipinski definition) is 1. The van der Waals surface area contributed by atoms with Gasteiger partial charge in [-0.1, -0.05) is 28.1 Å². The highest BCUT2D eigenvalue weighted by molar-refractivity contribution is 14.0. The minimum Gasteiger partial charge on any atom is -0.352 e. The minimum absolute atomic E-state index is 0. The van der Waals surface area contributed by atoms with Crippen LogP contribution >= 0.6 is 39.9 Å². The highest BCUT2D eigenvalue weighted by atomic mass is 127. The fourth-order valence-electron chi connectivity index (χ4n) is 1.55. The normalized spacial score (nSPS) is 14.4. The van der Waals surface area contributed by atoms with Crippen molar-refractivity contribution < 1.29 is 0 Å². The molecule has 1 aromatic rings. The lowest BCUT2D eigenvalue weighted by Gasteiger charge is -2.15. The molecular formula is C11H15BrIN3. The molecule has 2 rings (SSSR count). The molecule has 0 amide bonds. The topological polar surface area (TPSA) is 27.6 Å². The van der Waals surface area contributed by atoms with Gasteiger partial charge in [-0.3, -0.25) is 4.99 Å². The molecule has 0 unspecified atom stereocenters. The molecular weight excluding hydrogens is 381 g/mol. The summed E-state index contributed by atoms with van der Waals surface area (Å²) in [5.41, 5.74) is 1.26. The molecule has 1 heterocycles. The molecule has 0 atom stereocenters. The molecule has 0 fully saturated rings. The van der Waals surface area contributed by atoms with Crippen molar-refractivity contribution >= 4 is 45.9 Å². The number of aliphatic imine (C=N–C) groups is 1. The van der Waals surface area contributed by atoms with Gasteiger partial charge in [-0.2, -0.15) is 0 Å². The maximum Gasteiger partial charge on any atom is 0.194 e. The van der Waals surface area contributed by atoms with E-state index in [4.69, 9.17) is 0 Å². The summed E-state index contributed by atoms with van der Waals surface area (Å²) in [7, 11) is 2.06. The van der Waals surface area contributed by atoms with E-state index in [-0.39, 0.29) is 24.0 Å². The number of likely N-dealkylation sites (N-methyl/N-ethyl adjacent to an activating group) is 1. The average Bonchev–Trinajstić information content (AvgIpc) is 2.61. The molecule has 1 aromatic carbocycles. The van der Waals surface area contributed by atoms with Gasteiger partial charge in [-0.25, -0.2) is 0 Å². The van der Waals surface area contributed by atoms with Crippen molar-refractivity contribution in [2.45, 2.75) is 6.54 Å². The number of hydrogen-bond acceptors (Lipinski definition) is 3. The fraction of sp³-hybridized carbons (Fsp3) is 0.364. The number of halogens is 2. The van der Waals surface area contributed by atoms with Gasteiger partial charge in [0, 0.05) is 24.6 Å². The number of guanidine groups is 1. The van der Waals surface area contributed by atoms with E-state index in [1.54, 1.807) is 0 Å². The molecule has 0 spiro atoms. The van der Waals surface area contributed by atoms with E-state index in [9.17, 15) is 0 Å². The average molecular weight is 396 g/mol. The highest BCUT2D eigenvalue weighted by Crippen LogP contribution is 2.11. The second kappa shape index (κ2) is 6.44. The maximum atomic E-state index is 4.37. The van der Waals surface area contributed by atoms with Crippen LogP contribution in [-0.4, -0.2) is 31.0 Å². The van der Waals surface area contributed by atoms with Crippen molar-refractivity contribution in [2.75, 3.05) is 20.1 Å². The minimum atomic E-state index is 0. The van der Waals surface area contributed by atoms with Crippen LogP contribution in [0.4, 0.5) is 0 Å². The Balaban J connectivity index is 0.00000128. The van der Waals surface area contributed by atoms with E-state index in [1.165, 1.54) is 5.56 Å². The van der Waals surface area contributed by atoms with Crippen LogP contribution in [-0.2, 0) is 6.54 Å². The van der Waals surface area contributed by atoms with Crippen LogP contribution in [0, 0.1) is 0 Å². The van der Waals surface area contributed by atoms with Crippen LogP contribution in [0.5, 0.6) is 0 Å². The van der Waals surface area contributed by atoms with E-state index < -0.39 is 0 Å². The molecule has 1 aliphatic heterocycles. The third kappa shape index (κ3) is 3.62. The number of nitrogens with one attached hydrogen (secondary N) is 1. The lowest BCUT2D eigenvalue weighted by molar-refractivity contribution is 0.534. The Labute approximate surface area is 121 Å². The van der Waals surface area contributed by atoms with Gasteiger partial charge in [0.05, 0.1) is 6.54 Å². The van der Waals surface area contributed by atoms with E-state index in [1.807, 2.05) is 12.1 Å². The van der Waals surface area contributed by atoms with Gasteiger partial charge in [0.2, 0.25) is 0 Å².